The van der Waals surface area contributed by atoms with Crippen LogP contribution in [-0.4, -0.2) is 43.0 Å². The summed E-state index contributed by atoms with van der Waals surface area (Å²) in [4.78, 5) is 11.7. The van der Waals surface area contributed by atoms with E-state index in [1.165, 1.54) is 12.8 Å². The molecule has 124 valence electrons. The average molecular weight is 300 g/mol. The molecule has 1 heterocycles. The lowest BCUT2D eigenvalue weighted by Gasteiger charge is -2.24. The number of hydrogen-bond acceptors (Lipinski definition) is 4. The smallest absolute Gasteiger partial charge is 0.407 e. The second-order valence-corrected chi connectivity index (χ2v) is 7.06. The van der Waals surface area contributed by atoms with Crippen molar-refractivity contribution in [1.29, 1.82) is 0 Å². The first-order chi connectivity index (χ1) is 9.76. The molecule has 3 atom stereocenters. The van der Waals surface area contributed by atoms with Gasteiger partial charge in [-0.25, -0.2) is 4.79 Å². The number of rotatable bonds is 7. The van der Waals surface area contributed by atoms with E-state index >= 15 is 0 Å². The number of nitrogens with one attached hydrogen (secondary N) is 2. The van der Waals surface area contributed by atoms with Crippen molar-refractivity contribution in [3.63, 3.8) is 0 Å². The fourth-order valence-corrected chi connectivity index (χ4v) is 2.54. The van der Waals surface area contributed by atoms with Crippen LogP contribution in [0.5, 0.6) is 0 Å². The Kier molecular flexibility index (Phi) is 7.46. The Balaban J connectivity index is 2.11. The molecule has 21 heavy (non-hydrogen) atoms. The van der Waals surface area contributed by atoms with Crippen LogP contribution in [0, 0.1) is 0 Å². The van der Waals surface area contributed by atoms with Gasteiger partial charge in [-0.1, -0.05) is 0 Å². The van der Waals surface area contributed by atoms with Crippen molar-refractivity contribution in [2.75, 3.05) is 13.2 Å². The minimum Gasteiger partial charge on any atom is -0.444 e. The van der Waals surface area contributed by atoms with E-state index in [2.05, 4.69) is 17.6 Å². The van der Waals surface area contributed by atoms with Gasteiger partial charge in [0, 0.05) is 18.7 Å². The first-order valence-electron chi connectivity index (χ1n) is 8.11. The van der Waals surface area contributed by atoms with Gasteiger partial charge < -0.3 is 20.1 Å². The number of ether oxygens (including phenoxy) is 2. The molecule has 0 aromatic heterocycles. The van der Waals surface area contributed by atoms with Crippen molar-refractivity contribution in [3.05, 3.63) is 0 Å². The summed E-state index contributed by atoms with van der Waals surface area (Å²) in [6.45, 7) is 11.6. The van der Waals surface area contributed by atoms with Gasteiger partial charge in [-0.2, -0.15) is 0 Å². The molecule has 5 nitrogen and oxygen atoms in total. The molecule has 1 amide bonds. The Morgan fingerprint density at radius 3 is 2.62 bits per heavy atom. The van der Waals surface area contributed by atoms with Crippen molar-refractivity contribution in [2.45, 2.75) is 84.1 Å². The highest BCUT2D eigenvalue weighted by atomic mass is 16.6. The molecular formula is C16H32N2O3. The fourth-order valence-electron chi connectivity index (χ4n) is 2.54. The summed E-state index contributed by atoms with van der Waals surface area (Å²) in [5, 5.41) is 6.36. The molecule has 1 rings (SSSR count). The van der Waals surface area contributed by atoms with Gasteiger partial charge in [0.05, 0.1) is 6.10 Å². The second kappa shape index (κ2) is 8.59. The predicted octanol–water partition coefficient (Wildman–Crippen LogP) is 2.84. The monoisotopic (exact) mass is 300 g/mol. The molecule has 0 unspecified atom stereocenters. The Hall–Kier alpha value is -0.810. The van der Waals surface area contributed by atoms with E-state index in [0.717, 1.165) is 26.0 Å². The number of carbonyl (C=O) groups excluding carboxylic acids is 1. The van der Waals surface area contributed by atoms with Gasteiger partial charge in [0.2, 0.25) is 0 Å². The zero-order valence-corrected chi connectivity index (χ0v) is 14.2. The summed E-state index contributed by atoms with van der Waals surface area (Å²) in [7, 11) is 0. The lowest BCUT2D eigenvalue weighted by molar-refractivity contribution is 0.0504. The van der Waals surface area contributed by atoms with Crippen molar-refractivity contribution < 1.29 is 14.3 Å². The normalized spacial score (nSPS) is 21.9. The summed E-state index contributed by atoms with van der Waals surface area (Å²) in [5.74, 6) is 0. The standard InChI is InChI=1S/C16H32N2O3/c1-12(17-9-8-14-7-6-10-20-14)11-13(2)18-15(19)21-16(3,4)5/h12-14,17H,6-11H2,1-5H3,(H,18,19)/t12-,13-,14-/m1/s1. The summed E-state index contributed by atoms with van der Waals surface area (Å²) in [5.41, 5.74) is -0.449. The Bertz CT molecular complexity index is 309. The molecule has 0 aromatic rings. The maximum absolute atomic E-state index is 11.7. The van der Waals surface area contributed by atoms with Crippen molar-refractivity contribution >= 4 is 6.09 Å². The molecule has 5 heteroatoms. The maximum Gasteiger partial charge on any atom is 0.407 e. The number of amides is 1. The summed E-state index contributed by atoms with van der Waals surface area (Å²) < 4.78 is 10.9. The summed E-state index contributed by atoms with van der Waals surface area (Å²) in [6, 6.07) is 0.446. The predicted molar refractivity (Wildman–Crippen MR) is 84.5 cm³/mol. The van der Waals surface area contributed by atoms with E-state index in [-0.39, 0.29) is 12.1 Å². The molecule has 2 N–H and O–H groups in total. The van der Waals surface area contributed by atoms with Crippen LogP contribution in [0.15, 0.2) is 0 Å². The lowest BCUT2D eigenvalue weighted by Crippen LogP contribution is -2.41. The largest absolute Gasteiger partial charge is 0.444 e. The second-order valence-electron chi connectivity index (χ2n) is 7.06. The van der Waals surface area contributed by atoms with E-state index in [1.54, 1.807) is 0 Å². The molecule has 1 aliphatic heterocycles. The minimum atomic E-state index is -0.449. The maximum atomic E-state index is 11.7. The van der Waals surface area contributed by atoms with E-state index in [0.29, 0.717) is 12.1 Å². The molecule has 0 aromatic carbocycles. The molecule has 0 spiro atoms. The van der Waals surface area contributed by atoms with Gasteiger partial charge in [0.25, 0.3) is 0 Å². The topological polar surface area (TPSA) is 59.6 Å². The first kappa shape index (κ1) is 18.2. The summed E-state index contributed by atoms with van der Waals surface area (Å²) in [6.07, 6.45) is 4.41. The zero-order valence-electron chi connectivity index (χ0n) is 14.2. The Labute approximate surface area is 129 Å². The number of hydrogen-bond donors (Lipinski definition) is 2. The van der Waals surface area contributed by atoms with Crippen LogP contribution in [0.25, 0.3) is 0 Å². The average Bonchev–Trinajstić information content (AvgIpc) is 2.78. The molecule has 0 radical (unpaired) electrons. The van der Waals surface area contributed by atoms with E-state index in [9.17, 15) is 4.79 Å². The van der Waals surface area contributed by atoms with Crippen molar-refractivity contribution in [2.24, 2.45) is 0 Å². The van der Waals surface area contributed by atoms with E-state index in [4.69, 9.17) is 9.47 Å². The van der Waals surface area contributed by atoms with Crippen LogP contribution >= 0.6 is 0 Å². The highest BCUT2D eigenvalue weighted by molar-refractivity contribution is 5.68. The molecule has 0 aliphatic carbocycles. The third-order valence-corrected chi connectivity index (χ3v) is 3.45. The number of alkyl carbamates (subject to hydrolysis) is 1. The van der Waals surface area contributed by atoms with Gasteiger partial charge in [0.1, 0.15) is 5.60 Å². The van der Waals surface area contributed by atoms with Gasteiger partial charge in [0.15, 0.2) is 0 Å². The quantitative estimate of drug-likeness (QED) is 0.759. The van der Waals surface area contributed by atoms with Crippen LogP contribution in [0.4, 0.5) is 4.79 Å². The number of carbonyl (C=O) groups is 1. The van der Waals surface area contributed by atoms with Crippen LogP contribution in [-0.2, 0) is 9.47 Å². The lowest BCUT2D eigenvalue weighted by atomic mass is 10.1. The van der Waals surface area contributed by atoms with Crippen molar-refractivity contribution in [1.82, 2.24) is 10.6 Å². The van der Waals surface area contributed by atoms with E-state index < -0.39 is 5.60 Å². The van der Waals surface area contributed by atoms with E-state index in [1.807, 2.05) is 27.7 Å². The highest BCUT2D eigenvalue weighted by Crippen LogP contribution is 2.14. The Morgan fingerprint density at radius 2 is 2.05 bits per heavy atom. The molecule has 1 aliphatic rings. The molecular weight excluding hydrogens is 268 g/mol. The van der Waals surface area contributed by atoms with Gasteiger partial charge >= 0.3 is 6.09 Å². The van der Waals surface area contributed by atoms with Crippen LogP contribution in [0.2, 0.25) is 0 Å². The molecule has 0 bridgehead atoms. The third-order valence-electron chi connectivity index (χ3n) is 3.45. The SMILES string of the molecule is C[C@H](C[C@@H](C)NC(=O)OC(C)(C)C)NCC[C@H]1CCCO1. The first-order valence-corrected chi connectivity index (χ1v) is 8.11. The third kappa shape index (κ3) is 8.94. The fraction of sp³-hybridized carbons (Fsp3) is 0.938. The summed E-state index contributed by atoms with van der Waals surface area (Å²) >= 11 is 0. The van der Waals surface area contributed by atoms with Crippen molar-refractivity contribution in [3.8, 4) is 0 Å². The molecule has 0 saturated carbocycles. The molecule has 1 saturated heterocycles. The molecule has 1 fully saturated rings. The zero-order chi connectivity index (χ0) is 15.9. The highest BCUT2D eigenvalue weighted by Gasteiger charge is 2.19. The van der Waals surface area contributed by atoms with Gasteiger partial charge in [-0.15, -0.1) is 0 Å². The Morgan fingerprint density at radius 1 is 1.33 bits per heavy atom. The van der Waals surface area contributed by atoms with Gasteiger partial charge in [-0.05, 0) is 66.8 Å². The van der Waals surface area contributed by atoms with Gasteiger partial charge in [-0.3, -0.25) is 0 Å². The van der Waals surface area contributed by atoms with Crippen LogP contribution in [0.1, 0.15) is 60.3 Å². The van der Waals surface area contributed by atoms with Crippen LogP contribution in [0.3, 0.4) is 0 Å². The van der Waals surface area contributed by atoms with Crippen LogP contribution < -0.4 is 10.6 Å². The minimum absolute atomic E-state index is 0.0880.